The molecule has 0 atom stereocenters. The van der Waals surface area contributed by atoms with Gasteiger partial charge in [-0.15, -0.1) is 11.3 Å². The average molecular weight is 175 g/mol. The Morgan fingerprint density at radius 3 is 2.90 bits per heavy atom. The van der Waals surface area contributed by atoms with Gasteiger partial charge in [0.2, 0.25) is 0 Å². The Bertz CT molecular complexity index is 242. The average Bonchev–Trinajstić information content (AvgIpc) is 2.34. The highest BCUT2D eigenvalue weighted by molar-refractivity contribution is 7.12. The number of ketones is 1. The fourth-order valence-corrected chi connectivity index (χ4v) is 1.83. The van der Waals surface area contributed by atoms with Crippen molar-refractivity contribution >= 4 is 28.7 Å². The molecule has 0 saturated carbocycles. The highest BCUT2D eigenvalue weighted by Crippen LogP contribution is 2.22. The number of hydrogen-bond acceptors (Lipinski definition) is 2. The number of halogens is 1. The van der Waals surface area contributed by atoms with Crippen molar-refractivity contribution in [1.82, 2.24) is 0 Å². The molecule has 0 aliphatic carbocycles. The van der Waals surface area contributed by atoms with Crippen LogP contribution in [0.4, 0.5) is 0 Å². The summed E-state index contributed by atoms with van der Waals surface area (Å²) in [5.41, 5.74) is 0. The third-order valence-corrected chi connectivity index (χ3v) is 2.57. The number of rotatable bonds is 2. The van der Waals surface area contributed by atoms with Crippen LogP contribution in [-0.2, 0) is 0 Å². The molecular formula is C7H7ClOS. The van der Waals surface area contributed by atoms with E-state index in [0.29, 0.717) is 16.3 Å². The largest absolute Gasteiger partial charge is 0.293 e. The second kappa shape index (κ2) is 3.17. The Labute approximate surface area is 68.6 Å². The third kappa shape index (κ3) is 1.39. The van der Waals surface area contributed by atoms with Crippen molar-refractivity contribution in [3.63, 3.8) is 0 Å². The van der Waals surface area contributed by atoms with Crippen LogP contribution in [-0.4, -0.2) is 5.78 Å². The number of Topliss-reactive ketones (excluding diaryl/α,β-unsaturated/α-hetero) is 1. The van der Waals surface area contributed by atoms with E-state index in [4.69, 9.17) is 11.6 Å². The molecule has 0 radical (unpaired) electrons. The SMILES string of the molecule is CCC(=O)c1sccc1Cl. The van der Waals surface area contributed by atoms with Crippen LogP contribution in [0.5, 0.6) is 0 Å². The van der Waals surface area contributed by atoms with E-state index >= 15 is 0 Å². The topological polar surface area (TPSA) is 17.1 Å². The lowest BCUT2D eigenvalue weighted by atomic mass is 10.3. The first-order valence-corrected chi connectivity index (χ1v) is 4.27. The lowest BCUT2D eigenvalue weighted by Gasteiger charge is -1.90. The minimum atomic E-state index is 0.125. The van der Waals surface area contributed by atoms with Crippen molar-refractivity contribution in [1.29, 1.82) is 0 Å². The van der Waals surface area contributed by atoms with Crippen LogP contribution in [0.2, 0.25) is 5.02 Å². The molecular weight excluding hydrogens is 168 g/mol. The molecule has 10 heavy (non-hydrogen) atoms. The van der Waals surface area contributed by atoms with Crippen LogP contribution in [0, 0.1) is 0 Å². The monoisotopic (exact) mass is 174 g/mol. The molecule has 3 heteroatoms. The van der Waals surface area contributed by atoms with Crippen molar-refractivity contribution in [2.45, 2.75) is 13.3 Å². The molecule has 54 valence electrons. The van der Waals surface area contributed by atoms with E-state index in [1.807, 2.05) is 12.3 Å². The molecule has 1 nitrogen and oxygen atoms in total. The molecule has 0 aliphatic heterocycles. The summed E-state index contributed by atoms with van der Waals surface area (Å²) in [7, 11) is 0. The minimum absolute atomic E-state index is 0.125. The number of carbonyl (C=O) groups is 1. The molecule has 0 bridgehead atoms. The van der Waals surface area contributed by atoms with E-state index in [-0.39, 0.29) is 5.78 Å². The van der Waals surface area contributed by atoms with Gasteiger partial charge in [-0.1, -0.05) is 18.5 Å². The Morgan fingerprint density at radius 1 is 1.80 bits per heavy atom. The van der Waals surface area contributed by atoms with Gasteiger partial charge >= 0.3 is 0 Å². The summed E-state index contributed by atoms with van der Waals surface area (Å²) in [6, 6.07) is 1.75. The Hall–Kier alpha value is -0.340. The van der Waals surface area contributed by atoms with E-state index in [9.17, 15) is 4.79 Å². The van der Waals surface area contributed by atoms with E-state index in [1.165, 1.54) is 11.3 Å². The second-order valence-electron chi connectivity index (χ2n) is 1.87. The lowest BCUT2D eigenvalue weighted by molar-refractivity contribution is 0.0992. The van der Waals surface area contributed by atoms with Crippen LogP contribution in [0.1, 0.15) is 23.0 Å². The zero-order valence-corrected chi connectivity index (χ0v) is 7.13. The lowest BCUT2D eigenvalue weighted by Crippen LogP contribution is -1.91. The van der Waals surface area contributed by atoms with Crippen molar-refractivity contribution in [2.75, 3.05) is 0 Å². The van der Waals surface area contributed by atoms with E-state index < -0.39 is 0 Å². The highest BCUT2D eigenvalue weighted by Gasteiger charge is 2.08. The quantitative estimate of drug-likeness (QED) is 0.630. The van der Waals surface area contributed by atoms with Crippen molar-refractivity contribution in [3.05, 3.63) is 21.3 Å². The first-order valence-electron chi connectivity index (χ1n) is 3.02. The predicted molar refractivity (Wildman–Crippen MR) is 44.0 cm³/mol. The van der Waals surface area contributed by atoms with Crippen LogP contribution >= 0.6 is 22.9 Å². The Kier molecular flexibility index (Phi) is 2.46. The van der Waals surface area contributed by atoms with Crippen molar-refractivity contribution in [3.8, 4) is 0 Å². The molecule has 1 heterocycles. The highest BCUT2D eigenvalue weighted by atomic mass is 35.5. The molecule has 0 fully saturated rings. The van der Waals surface area contributed by atoms with Crippen LogP contribution < -0.4 is 0 Å². The molecule has 1 aromatic rings. The number of hydrogen-bond donors (Lipinski definition) is 0. The van der Waals surface area contributed by atoms with Crippen LogP contribution in [0.25, 0.3) is 0 Å². The fourth-order valence-electron chi connectivity index (χ4n) is 0.653. The van der Waals surface area contributed by atoms with Gasteiger partial charge in [-0.05, 0) is 11.4 Å². The van der Waals surface area contributed by atoms with Gasteiger partial charge in [-0.3, -0.25) is 4.79 Å². The number of thiophene rings is 1. The van der Waals surface area contributed by atoms with E-state index in [2.05, 4.69) is 0 Å². The maximum Gasteiger partial charge on any atom is 0.174 e. The zero-order chi connectivity index (χ0) is 7.56. The Balaban J connectivity index is 2.93. The molecule has 0 aliphatic rings. The van der Waals surface area contributed by atoms with Crippen molar-refractivity contribution in [2.24, 2.45) is 0 Å². The standard InChI is InChI=1S/C7H7ClOS/c1-2-6(9)7-5(8)3-4-10-7/h3-4H,2H2,1H3. The predicted octanol–water partition coefficient (Wildman–Crippen LogP) is 2.99. The summed E-state index contributed by atoms with van der Waals surface area (Å²) in [6.07, 6.45) is 0.528. The van der Waals surface area contributed by atoms with Crippen LogP contribution in [0.3, 0.4) is 0 Å². The normalized spacial score (nSPS) is 9.80. The van der Waals surface area contributed by atoms with Gasteiger partial charge in [-0.2, -0.15) is 0 Å². The fraction of sp³-hybridized carbons (Fsp3) is 0.286. The molecule has 0 N–H and O–H groups in total. The second-order valence-corrected chi connectivity index (χ2v) is 3.20. The van der Waals surface area contributed by atoms with Gasteiger partial charge < -0.3 is 0 Å². The zero-order valence-electron chi connectivity index (χ0n) is 5.56. The molecule has 0 spiro atoms. The summed E-state index contributed by atoms with van der Waals surface area (Å²) in [5, 5.41) is 2.41. The summed E-state index contributed by atoms with van der Waals surface area (Å²) in [6.45, 7) is 1.83. The maximum atomic E-state index is 11.0. The van der Waals surface area contributed by atoms with Gasteiger partial charge in [0, 0.05) is 6.42 Å². The third-order valence-electron chi connectivity index (χ3n) is 1.19. The van der Waals surface area contributed by atoms with Gasteiger partial charge in [0.05, 0.1) is 9.90 Å². The first kappa shape index (κ1) is 7.76. The summed E-state index contributed by atoms with van der Waals surface area (Å²) in [4.78, 5) is 11.7. The van der Waals surface area contributed by atoms with Gasteiger partial charge in [-0.25, -0.2) is 0 Å². The van der Waals surface area contributed by atoms with Gasteiger partial charge in [0.15, 0.2) is 5.78 Å². The molecule has 1 rings (SSSR count). The number of carbonyl (C=O) groups excluding carboxylic acids is 1. The van der Waals surface area contributed by atoms with E-state index in [1.54, 1.807) is 6.07 Å². The molecule has 0 unspecified atom stereocenters. The molecule has 0 aromatic carbocycles. The van der Waals surface area contributed by atoms with Gasteiger partial charge in [0.25, 0.3) is 0 Å². The summed E-state index contributed by atoms with van der Waals surface area (Å²) >= 11 is 7.10. The minimum Gasteiger partial charge on any atom is -0.293 e. The van der Waals surface area contributed by atoms with Gasteiger partial charge in [0.1, 0.15) is 0 Å². The molecule has 0 amide bonds. The Morgan fingerprint density at radius 2 is 2.50 bits per heavy atom. The van der Waals surface area contributed by atoms with E-state index in [0.717, 1.165) is 0 Å². The first-order chi connectivity index (χ1) is 4.75. The van der Waals surface area contributed by atoms with Crippen molar-refractivity contribution < 1.29 is 4.79 Å². The molecule has 0 saturated heterocycles. The smallest absolute Gasteiger partial charge is 0.174 e. The summed E-state index contributed by atoms with van der Waals surface area (Å²) in [5.74, 6) is 0.125. The maximum absolute atomic E-state index is 11.0. The molecule has 1 aromatic heterocycles. The summed E-state index contributed by atoms with van der Waals surface area (Å²) < 4.78 is 0. The van der Waals surface area contributed by atoms with Crippen LogP contribution in [0.15, 0.2) is 11.4 Å².